The zero-order chi connectivity index (χ0) is 57.0. The summed E-state index contributed by atoms with van der Waals surface area (Å²) in [5, 5.41) is 25.9. The van der Waals surface area contributed by atoms with E-state index in [2.05, 4.69) is 51.3 Å². The van der Waals surface area contributed by atoms with E-state index >= 15 is 0 Å². The summed E-state index contributed by atoms with van der Waals surface area (Å²) >= 11 is 16.1. The number of aliphatic hydroxyl groups excluding tert-OH is 1. The maximum absolute atomic E-state index is 14.3. The van der Waals surface area contributed by atoms with E-state index in [0.29, 0.717) is 30.5 Å². The number of ether oxygens (including phenoxy) is 2. The molecule has 7 rings (SSSR count). The Hall–Kier alpha value is -6.43. The average molecular weight is 1160 g/mol. The fraction of sp³-hybridized carbons (Fsp3) is 0.455. The molecule has 6 N–H and O–H groups in total. The number of amides is 6. The van der Waals surface area contributed by atoms with Gasteiger partial charge in [0, 0.05) is 87.9 Å². The molecule has 0 bridgehead atoms. The normalized spacial score (nSPS) is 16.4. The lowest BCUT2D eigenvalue weighted by Gasteiger charge is -2.37. The van der Waals surface area contributed by atoms with E-state index in [0.717, 1.165) is 78.5 Å². The third-order valence-corrected chi connectivity index (χ3v) is 17.1. The number of urea groups is 1. The lowest BCUT2D eigenvalue weighted by Crippen LogP contribution is -2.59. The van der Waals surface area contributed by atoms with Gasteiger partial charge >= 0.3 is 6.03 Å². The van der Waals surface area contributed by atoms with Crippen molar-refractivity contribution in [3.05, 3.63) is 93.8 Å². The van der Waals surface area contributed by atoms with E-state index in [1.807, 2.05) is 81.7 Å². The summed E-state index contributed by atoms with van der Waals surface area (Å²) in [7, 11) is 4.44. The monoisotopic (exact) mass is 1160 g/mol. The topological polar surface area (TPSA) is 236 Å². The third kappa shape index (κ3) is 15.7. The van der Waals surface area contributed by atoms with Crippen molar-refractivity contribution in [1.82, 2.24) is 40.7 Å². The first-order chi connectivity index (χ1) is 37.8. The number of hydrogen-bond acceptors (Lipinski definition) is 16. The van der Waals surface area contributed by atoms with Gasteiger partial charge in [-0.3, -0.25) is 29.0 Å². The third-order valence-electron chi connectivity index (χ3n) is 13.9. The number of benzene rings is 3. The molecule has 4 atom stereocenters. The highest BCUT2D eigenvalue weighted by Gasteiger charge is 2.46. The maximum Gasteiger partial charge on any atom is 0.327 e. The summed E-state index contributed by atoms with van der Waals surface area (Å²) in [4.78, 5) is 87.9. The number of nitrogens with one attached hydrogen (secondary N) is 5. The Bertz CT molecular complexity index is 2900. The van der Waals surface area contributed by atoms with Crippen LogP contribution in [0.15, 0.2) is 72.5 Å². The Balaban J connectivity index is 0.796. The van der Waals surface area contributed by atoms with Crippen LogP contribution in [0.2, 0.25) is 10.0 Å². The minimum Gasteiger partial charge on any atom is -0.495 e. The Kier molecular flexibility index (Phi) is 21.1. The number of carbonyl (C=O) groups excluding carboxylic acids is 5. The van der Waals surface area contributed by atoms with Gasteiger partial charge in [0.1, 0.15) is 51.6 Å². The Morgan fingerprint density at radius 3 is 2.23 bits per heavy atom. The largest absolute Gasteiger partial charge is 0.495 e. The predicted molar refractivity (Wildman–Crippen MR) is 313 cm³/mol. The Morgan fingerprint density at radius 1 is 0.911 bits per heavy atom. The molecule has 24 heteroatoms. The van der Waals surface area contributed by atoms with Gasteiger partial charge in [0.2, 0.25) is 23.6 Å². The molecule has 20 nitrogen and oxygen atoms in total. The molecule has 0 aliphatic carbocycles. The number of rotatable bonds is 23. The molecule has 2 fully saturated rings. The van der Waals surface area contributed by atoms with Gasteiger partial charge in [0.25, 0.3) is 0 Å². The number of thioether (sulfide) groups is 1. The molecule has 2 aliphatic heterocycles. The van der Waals surface area contributed by atoms with E-state index in [4.69, 9.17) is 32.7 Å². The highest BCUT2D eigenvalue weighted by molar-refractivity contribution is 8.00. The van der Waals surface area contributed by atoms with E-state index in [9.17, 15) is 29.1 Å². The number of aromatic nitrogens is 3. The van der Waals surface area contributed by atoms with Gasteiger partial charge in [0.05, 0.1) is 54.7 Å². The van der Waals surface area contributed by atoms with E-state index < -0.39 is 34.9 Å². The number of unbranched alkanes of at least 4 members (excludes halogenated alkanes) is 2. The minimum absolute atomic E-state index is 0.0134. The number of halogens is 2. The van der Waals surface area contributed by atoms with Gasteiger partial charge in [-0.15, -0.1) is 11.3 Å². The Morgan fingerprint density at radius 2 is 1.59 bits per heavy atom. The van der Waals surface area contributed by atoms with Gasteiger partial charge in [-0.1, -0.05) is 53.9 Å². The molecule has 4 heterocycles. The first kappa shape index (κ1) is 60.2. The number of aliphatic hydroxyl groups is 1. The number of carbonyl (C=O) groups is 5. The van der Waals surface area contributed by atoms with Crippen molar-refractivity contribution in [2.24, 2.45) is 0 Å². The van der Waals surface area contributed by atoms with Crippen LogP contribution in [0.5, 0.6) is 11.5 Å². The van der Waals surface area contributed by atoms with Crippen LogP contribution < -0.4 is 45.9 Å². The lowest BCUT2D eigenvalue weighted by molar-refractivity contribution is -0.142. The van der Waals surface area contributed by atoms with Crippen molar-refractivity contribution < 1.29 is 38.6 Å². The van der Waals surface area contributed by atoms with Crippen LogP contribution in [0, 0.1) is 6.92 Å². The van der Waals surface area contributed by atoms with E-state index in [1.54, 1.807) is 36.2 Å². The summed E-state index contributed by atoms with van der Waals surface area (Å²) < 4.78 is 9.87. The average Bonchev–Trinajstić information content (AvgIpc) is 4.06. The van der Waals surface area contributed by atoms with E-state index in [1.165, 1.54) is 43.3 Å². The smallest absolute Gasteiger partial charge is 0.327 e. The molecule has 2 saturated heterocycles. The molecule has 79 heavy (non-hydrogen) atoms. The van der Waals surface area contributed by atoms with Crippen LogP contribution in [0.4, 0.5) is 33.5 Å². The van der Waals surface area contributed by atoms with Crippen molar-refractivity contribution in [2.45, 2.75) is 89.3 Å². The number of methoxy groups -OCH3 is 2. The fourth-order valence-corrected chi connectivity index (χ4v) is 12.0. The van der Waals surface area contributed by atoms with E-state index in [-0.39, 0.29) is 64.0 Å². The first-order valence-electron chi connectivity index (χ1n) is 26.0. The number of piperazine rings is 1. The van der Waals surface area contributed by atoms with Crippen molar-refractivity contribution in [3.63, 3.8) is 0 Å². The zero-order valence-electron chi connectivity index (χ0n) is 45.7. The molecule has 0 unspecified atom stereocenters. The second-order valence-electron chi connectivity index (χ2n) is 20.0. The predicted octanol–water partition coefficient (Wildman–Crippen LogP) is 7.91. The molecule has 0 radical (unpaired) electrons. The first-order valence-corrected chi connectivity index (χ1v) is 28.7. The van der Waals surface area contributed by atoms with Gasteiger partial charge in [-0.2, -0.15) is 11.8 Å². The number of nitrogens with zero attached hydrogens (tertiary/aromatic N) is 7. The van der Waals surface area contributed by atoms with Crippen molar-refractivity contribution >= 4 is 105 Å². The minimum atomic E-state index is -0.939. The summed E-state index contributed by atoms with van der Waals surface area (Å²) in [5.41, 5.74) is 6.68. The molecule has 424 valence electrons. The SMILES string of the molecule is COc1cc(OC)c(Cl)c(NC(=O)N(C)c2cc(Nc3ccc(N4CCN(CC(=O)NCCCCCSC(C)(C)[C@H](NC(C)=O)C(=O)N5C[C@H](O)C[C@H]5C(=O)N[C@@H](C)c5ccc(-c6scnc6C)cc5)CC4)cc3)ncn2)c1Cl. The summed E-state index contributed by atoms with van der Waals surface area (Å²) in [6, 6.07) is 16.3. The van der Waals surface area contributed by atoms with Gasteiger partial charge < -0.3 is 51.0 Å². The zero-order valence-corrected chi connectivity index (χ0v) is 48.9. The fourth-order valence-electron chi connectivity index (χ4n) is 9.37. The van der Waals surface area contributed by atoms with Crippen LogP contribution >= 0.6 is 46.3 Å². The Labute approximate surface area is 479 Å². The maximum atomic E-state index is 14.3. The van der Waals surface area contributed by atoms with Crippen LogP contribution in [-0.4, -0.2) is 155 Å². The number of anilines is 5. The highest BCUT2D eigenvalue weighted by atomic mass is 35.5. The second kappa shape index (κ2) is 27.6. The molecule has 5 aromatic rings. The quantitative estimate of drug-likeness (QED) is 0.0341. The van der Waals surface area contributed by atoms with Crippen molar-refractivity contribution in [1.29, 1.82) is 0 Å². The summed E-state index contributed by atoms with van der Waals surface area (Å²) in [5.74, 6) is 0.884. The summed E-state index contributed by atoms with van der Waals surface area (Å²) in [6.45, 7) is 12.9. The van der Waals surface area contributed by atoms with Gasteiger partial charge in [-0.05, 0) is 81.7 Å². The molecule has 3 aromatic carbocycles. The van der Waals surface area contributed by atoms with Gasteiger partial charge in [0.15, 0.2) is 0 Å². The van der Waals surface area contributed by atoms with Crippen LogP contribution in [0.1, 0.15) is 70.7 Å². The summed E-state index contributed by atoms with van der Waals surface area (Å²) in [6.07, 6.45) is 3.04. The molecule has 6 amide bonds. The van der Waals surface area contributed by atoms with Crippen LogP contribution in [-0.2, 0) is 19.2 Å². The molecule has 2 aromatic heterocycles. The lowest BCUT2D eigenvalue weighted by atomic mass is 10.0. The number of hydrogen-bond donors (Lipinski definition) is 6. The number of β-amino-alcohol motifs (C(OH)–C–C–N with tert-alkyl or cyclic N) is 1. The van der Waals surface area contributed by atoms with Crippen molar-refractivity contribution in [2.75, 3.05) is 93.3 Å². The molecular formula is C55H70Cl2N12O8S2. The standard InChI is InChI=1S/C55H70Cl2N12O8S2/c1-33(36-12-14-37(15-13-36)50-34(2)61-32-78-50)62-52(73)41-26-40(71)29-69(41)53(74)51(63-35(3)70)55(4,5)79-25-11-9-10-20-58-46(72)30-67-21-23-68(24-22-67)39-18-16-38(17-19-39)64-44-28-45(60-31-59-44)66(6)54(75)65-49-47(56)42(76-7)27-43(77-8)48(49)57/h12-19,27-28,31-33,40-41,51,71H,9-11,20-26,29-30H2,1-8H3,(H,58,72)(H,62,73)(H,63,70)(H,65,75)(H,59,60,64)/t33-,40+,41-,51+/m0/s1. The van der Waals surface area contributed by atoms with Crippen LogP contribution in [0.3, 0.4) is 0 Å². The van der Waals surface area contributed by atoms with Gasteiger partial charge in [-0.25, -0.2) is 19.7 Å². The number of likely N-dealkylation sites (tertiary alicyclic amines) is 1. The molecule has 2 aliphatic rings. The second-order valence-corrected chi connectivity index (χ2v) is 23.3. The van der Waals surface area contributed by atoms with Crippen LogP contribution in [0.25, 0.3) is 10.4 Å². The van der Waals surface area contributed by atoms with Crippen molar-refractivity contribution in [3.8, 4) is 21.9 Å². The molecule has 0 saturated carbocycles. The highest BCUT2D eigenvalue weighted by Crippen LogP contribution is 2.44. The number of thiazole rings is 1. The molecular weight excluding hydrogens is 1090 g/mol. The number of aryl methyl sites for hydroxylation is 1. The molecule has 0 spiro atoms.